The van der Waals surface area contributed by atoms with Crippen molar-refractivity contribution in [1.29, 1.82) is 0 Å². The second kappa shape index (κ2) is 5.23. The molecular weight excluding hydrogens is 136 g/mol. The summed E-state index contributed by atoms with van der Waals surface area (Å²) >= 11 is 0. The standard InChI is InChI=1S/C9H10N2/c1-2-4-6-8-10-11-9-7-5-3-1/h1-10H. The minimum absolute atomic E-state index is 1.69. The monoisotopic (exact) mass is 146 g/mol. The Morgan fingerprint density at radius 2 is 1.36 bits per heavy atom. The van der Waals surface area contributed by atoms with Crippen molar-refractivity contribution in [3.05, 3.63) is 48.7 Å². The largest absolute Gasteiger partial charge is 0.286 e. The van der Waals surface area contributed by atoms with Gasteiger partial charge in [-0.3, -0.25) is 5.43 Å². The van der Waals surface area contributed by atoms with Crippen LogP contribution in [0.2, 0.25) is 0 Å². The van der Waals surface area contributed by atoms with Gasteiger partial charge in [0.2, 0.25) is 0 Å². The molecular formula is C9H10N2. The SMILES string of the molecule is C1=CC=CC=NNC=CC=C1. The van der Waals surface area contributed by atoms with Crippen molar-refractivity contribution in [2.24, 2.45) is 5.10 Å². The zero-order valence-electron chi connectivity index (χ0n) is 6.14. The first-order chi connectivity index (χ1) is 5.50. The highest BCUT2D eigenvalue weighted by Crippen LogP contribution is 1.82. The van der Waals surface area contributed by atoms with E-state index < -0.39 is 0 Å². The summed E-state index contributed by atoms with van der Waals surface area (Å²) in [5.41, 5.74) is 2.74. The second-order valence-corrected chi connectivity index (χ2v) is 1.92. The number of hydrogen-bond acceptors (Lipinski definition) is 2. The molecule has 11 heavy (non-hydrogen) atoms. The molecule has 0 saturated carbocycles. The van der Waals surface area contributed by atoms with Gasteiger partial charge < -0.3 is 0 Å². The van der Waals surface area contributed by atoms with Crippen molar-refractivity contribution < 1.29 is 0 Å². The van der Waals surface area contributed by atoms with Crippen molar-refractivity contribution in [1.82, 2.24) is 5.43 Å². The maximum atomic E-state index is 3.86. The molecule has 1 aliphatic heterocycles. The molecule has 0 bridgehead atoms. The highest BCUT2D eigenvalue weighted by Gasteiger charge is 1.67. The Bertz CT molecular complexity index is 208. The smallest absolute Gasteiger partial charge is 0.0472 e. The van der Waals surface area contributed by atoms with Gasteiger partial charge >= 0.3 is 0 Å². The molecule has 0 fully saturated rings. The van der Waals surface area contributed by atoms with Gasteiger partial charge in [-0.1, -0.05) is 30.4 Å². The summed E-state index contributed by atoms with van der Waals surface area (Å²) in [5, 5.41) is 3.86. The molecule has 0 aromatic heterocycles. The Balaban J connectivity index is 2.61. The molecule has 1 N–H and O–H groups in total. The Hall–Kier alpha value is -1.57. The van der Waals surface area contributed by atoms with E-state index in [1.165, 1.54) is 0 Å². The van der Waals surface area contributed by atoms with Crippen LogP contribution in [0.15, 0.2) is 53.8 Å². The Labute approximate surface area is 66.3 Å². The molecule has 0 atom stereocenters. The van der Waals surface area contributed by atoms with Crippen LogP contribution in [0.3, 0.4) is 0 Å². The molecule has 0 saturated heterocycles. The predicted molar refractivity (Wildman–Crippen MR) is 48.2 cm³/mol. The van der Waals surface area contributed by atoms with Gasteiger partial charge in [-0.25, -0.2) is 0 Å². The van der Waals surface area contributed by atoms with Crippen LogP contribution in [0.25, 0.3) is 0 Å². The fourth-order valence-electron chi connectivity index (χ4n) is 0.598. The quantitative estimate of drug-likeness (QED) is 0.553. The van der Waals surface area contributed by atoms with Crippen LogP contribution in [-0.2, 0) is 0 Å². The van der Waals surface area contributed by atoms with Crippen LogP contribution in [0.5, 0.6) is 0 Å². The minimum Gasteiger partial charge on any atom is -0.286 e. The van der Waals surface area contributed by atoms with E-state index in [0.29, 0.717) is 0 Å². The lowest BCUT2D eigenvalue weighted by atomic mass is 10.4. The minimum atomic E-state index is 1.69. The van der Waals surface area contributed by atoms with E-state index in [-0.39, 0.29) is 0 Å². The zero-order valence-corrected chi connectivity index (χ0v) is 6.14. The van der Waals surface area contributed by atoms with Crippen molar-refractivity contribution in [3.8, 4) is 0 Å². The summed E-state index contributed by atoms with van der Waals surface area (Å²) in [6.07, 6.45) is 16.9. The third-order valence-electron chi connectivity index (χ3n) is 1.07. The second-order valence-electron chi connectivity index (χ2n) is 1.92. The summed E-state index contributed by atoms with van der Waals surface area (Å²) in [7, 11) is 0. The number of hydrazone groups is 1. The fraction of sp³-hybridized carbons (Fsp3) is 0. The number of nitrogens with one attached hydrogen (secondary N) is 1. The van der Waals surface area contributed by atoms with Crippen molar-refractivity contribution in [2.45, 2.75) is 0 Å². The maximum absolute atomic E-state index is 3.86. The lowest BCUT2D eigenvalue weighted by Crippen LogP contribution is -1.91. The van der Waals surface area contributed by atoms with Crippen LogP contribution in [0.4, 0.5) is 0 Å². The molecule has 0 radical (unpaired) electrons. The lowest BCUT2D eigenvalue weighted by Gasteiger charge is -1.83. The Morgan fingerprint density at radius 1 is 0.727 bits per heavy atom. The van der Waals surface area contributed by atoms with Gasteiger partial charge in [0, 0.05) is 12.4 Å². The van der Waals surface area contributed by atoms with Crippen molar-refractivity contribution in [3.63, 3.8) is 0 Å². The number of nitrogens with zero attached hydrogens (tertiary/aromatic N) is 1. The molecule has 0 spiro atoms. The van der Waals surface area contributed by atoms with E-state index in [4.69, 9.17) is 0 Å². The van der Waals surface area contributed by atoms with E-state index >= 15 is 0 Å². The molecule has 0 aromatic carbocycles. The molecule has 1 rings (SSSR count). The zero-order chi connectivity index (χ0) is 7.78. The normalized spacial score (nSPS) is 16.0. The molecule has 0 aliphatic carbocycles. The highest BCUT2D eigenvalue weighted by atomic mass is 15.3. The van der Waals surface area contributed by atoms with Crippen LogP contribution in [0, 0.1) is 0 Å². The molecule has 0 unspecified atom stereocenters. The van der Waals surface area contributed by atoms with Gasteiger partial charge in [0.1, 0.15) is 0 Å². The lowest BCUT2D eigenvalue weighted by molar-refractivity contribution is 0.977. The summed E-state index contributed by atoms with van der Waals surface area (Å²) in [6.45, 7) is 0. The summed E-state index contributed by atoms with van der Waals surface area (Å²) in [4.78, 5) is 0. The third-order valence-corrected chi connectivity index (χ3v) is 1.07. The van der Waals surface area contributed by atoms with Crippen molar-refractivity contribution >= 4 is 6.21 Å². The highest BCUT2D eigenvalue weighted by molar-refractivity contribution is 5.71. The Morgan fingerprint density at radius 3 is 2.18 bits per heavy atom. The molecule has 2 nitrogen and oxygen atoms in total. The van der Waals surface area contributed by atoms with Crippen molar-refractivity contribution in [2.75, 3.05) is 0 Å². The Kier molecular flexibility index (Phi) is 3.59. The van der Waals surface area contributed by atoms with Crippen LogP contribution in [0.1, 0.15) is 0 Å². The molecule has 1 heterocycles. The number of hydrogen-bond donors (Lipinski definition) is 1. The summed E-state index contributed by atoms with van der Waals surface area (Å²) in [6, 6.07) is 0. The average molecular weight is 146 g/mol. The van der Waals surface area contributed by atoms with E-state index in [0.717, 1.165) is 0 Å². The van der Waals surface area contributed by atoms with Gasteiger partial charge in [0.05, 0.1) is 0 Å². The summed E-state index contributed by atoms with van der Waals surface area (Å²) < 4.78 is 0. The first kappa shape index (κ1) is 7.54. The molecule has 0 amide bonds. The molecule has 56 valence electrons. The third kappa shape index (κ3) is 3.92. The van der Waals surface area contributed by atoms with E-state index in [2.05, 4.69) is 10.5 Å². The predicted octanol–water partition coefficient (Wildman–Crippen LogP) is 1.76. The first-order valence-corrected chi connectivity index (χ1v) is 3.44. The van der Waals surface area contributed by atoms with Crippen LogP contribution < -0.4 is 5.43 Å². The number of allylic oxidation sites excluding steroid dienone is 7. The van der Waals surface area contributed by atoms with Gasteiger partial charge in [0.15, 0.2) is 0 Å². The molecule has 0 aromatic rings. The molecule has 1 aliphatic rings. The average Bonchev–Trinajstić information content (AvgIpc) is 2.08. The number of rotatable bonds is 0. The maximum Gasteiger partial charge on any atom is 0.0472 e. The van der Waals surface area contributed by atoms with Gasteiger partial charge in [0.25, 0.3) is 0 Å². The van der Waals surface area contributed by atoms with Crippen LogP contribution >= 0.6 is 0 Å². The summed E-state index contributed by atoms with van der Waals surface area (Å²) in [5.74, 6) is 0. The van der Waals surface area contributed by atoms with E-state index in [1.807, 2.05) is 42.5 Å². The van der Waals surface area contributed by atoms with E-state index in [1.54, 1.807) is 12.4 Å². The van der Waals surface area contributed by atoms with Gasteiger partial charge in [-0.15, -0.1) is 0 Å². The van der Waals surface area contributed by atoms with Gasteiger partial charge in [-0.05, 0) is 12.2 Å². The van der Waals surface area contributed by atoms with Gasteiger partial charge in [-0.2, -0.15) is 5.10 Å². The van der Waals surface area contributed by atoms with Crippen LogP contribution in [-0.4, -0.2) is 6.21 Å². The van der Waals surface area contributed by atoms with E-state index in [9.17, 15) is 0 Å². The first-order valence-electron chi connectivity index (χ1n) is 3.44. The topological polar surface area (TPSA) is 24.4 Å². The molecule has 2 heteroatoms. The fourth-order valence-corrected chi connectivity index (χ4v) is 0.598.